The van der Waals surface area contributed by atoms with Crippen LogP contribution in [0.15, 0.2) is 24.3 Å². The van der Waals surface area contributed by atoms with Crippen molar-refractivity contribution in [2.75, 3.05) is 31.6 Å². The molecule has 1 unspecified atom stereocenters. The van der Waals surface area contributed by atoms with Gasteiger partial charge in [-0.15, -0.1) is 0 Å². The first kappa shape index (κ1) is 13.4. The zero-order chi connectivity index (χ0) is 12.8. The van der Waals surface area contributed by atoms with E-state index >= 15 is 0 Å². The largest absolute Gasteiger partial charge is 0.375 e. The molecule has 1 fully saturated rings. The highest BCUT2D eigenvalue weighted by Crippen LogP contribution is 2.18. The van der Waals surface area contributed by atoms with Crippen LogP contribution in [0.5, 0.6) is 0 Å². The molecular formula is C16H26N2. The van der Waals surface area contributed by atoms with Crippen molar-refractivity contribution < 1.29 is 0 Å². The predicted octanol–water partition coefficient (Wildman–Crippen LogP) is 3.21. The van der Waals surface area contributed by atoms with Gasteiger partial charge < -0.3 is 10.2 Å². The molecule has 1 saturated heterocycles. The van der Waals surface area contributed by atoms with Gasteiger partial charge in [0.15, 0.2) is 0 Å². The Hall–Kier alpha value is -1.02. The van der Waals surface area contributed by atoms with Crippen molar-refractivity contribution in [2.24, 2.45) is 5.92 Å². The minimum absolute atomic E-state index is 0.908. The van der Waals surface area contributed by atoms with Crippen LogP contribution in [0, 0.1) is 12.8 Å². The van der Waals surface area contributed by atoms with E-state index in [1.807, 2.05) is 0 Å². The summed E-state index contributed by atoms with van der Waals surface area (Å²) < 4.78 is 0. The van der Waals surface area contributed by atoms with Crippen molar-refractivity contribution in [1.29, 1.82) is 0 Å². The highest BCUT2D eigenvalue weighted by molar-refractivity contribution is 5.46. The first-order chi connectivity index (χ1) is 8.75. The summed E-state index contributed by atoms with van der Waals surface area (Å²) in [5, 5.41) is 3.50. The highest BCUT2D eigenvalue weighted by atomic mass is 15.1. The van der Waals surface area contributed by atoms with Gasteiger partial charge in [0.2, 0.25) is 0 Å². The monoisotopic (exact) mass is 246 g/mol. The third-order valence-corrected chi connectivity index (χ3v) is 3.98. The predicted molar refractivity (Wildman–Crippen MR) is 79.3 cm³/mol. The van der Waals surface area contributed by atoms with E-state index in [2.05, 4.69) is 48.5 Å². The number of nitrogens with one attached hydrogen (secondary N) is 1. The van der Waals surface area contributed by atoms with E-state index in [1.54, 1.807) is 0 Å². The van der Waals surface area contributed by atoms with E-state index < -0.39 is 0 Å². The van der Waals surface area contributed by atoms with Crippen LogP contribution in [0.4, 0.5) is 5.69 Å². The molecule has 0 radical (unpaired) electrons. The van der Waals surface area contributed by atoms with Crippen molar-refractivity contribution in [1.82, 2.24) is 5.32 Å². The number of hydrogen-bond donors (Lipinski definition) is 1. The van der Waals surface area contributed by atoms with Crippen LogP contribution in [-0.2, 0) is 0 Å². The van der Waals surface area contributed by atoms with Crippen LogP contribution in [-0.4, -0.2) is 26.7 Å². The van der Waals surface area contributed by atoms with E-state index in [1.165, 1.54) is 56.6 Å². The maximum absolute atomic E-state index is 3.50. The molecule has 100 valence electrons. The Bertz CT molecular complexity index is 339. The molecule has 2 rings (SSSR count). The van der Waals surface area contributed by atoms with Crippen LogP contribution in [0.3, 0.4) is 0 Å². The first-order valence-electron chi connectivity index (χ1n) is 7.24. The zero-order valence-electron chi connectivity index (χ0n) is 11.8. The second-order valence-electron chi connectivity index (χ2n) is 5.61. The Morgan fingerprint density at radius 1 is 1.28 bits per heavy atom. The number of hydrogen-bond acceptors (Lipinski definition) is 2. The molecule has 0 aliphatic carbocycles. The number of benzene rings is 1. The molecule has 2 heteroatoms. The lowest BCUT2D eigenvalue weighted by Gasteiger charge is -2.24. The number of piperidine rings is 1. The van der Waals surface area contributed by atoms with Crippen LogP contribution in [0.25, 0.3) is 0 Å². The molecule has 0 aromatic heterocycles. The minimum atomic E-state index is 0.908. The number of rotatable bonds is 5. The molecule has 2 nitrogen and oxygen atoms in total. The van der Waals surface area contributed by atoms with Gasteiger partial charge in [0.1, 0.15) is 0 Å². The van der Waals surface area contributed by atoms with Gasteiger partial charge in [0.25, 0.3) is 0 Å². The van der Waals surface area contributed by atoms with E-state index in [0.717, 1.165) is 5.92 Å². The molecule has 1 heterocycles. The van der Waals surface area contributed by atoms with Gasteiger partial charge in [0, 0.05) is 19.3 Å². The summed E-state index contributed by atoms with van der Waals surface area (Å²) >= 11 is 0. The fourth-order valence-electron chi connectivity index (χ4n) is 2.72. The maximum Gasteiger partial charge on any atom is 0.0363 e. The van der Waals surface area contributed by atoms with E-state index in [9.17, 15) is 0 Å². The van der Waals surface area contributed by atoms with Crippen molar-refractivity contribution >= 4 is 5.69 Å². The normalized spacial score (nSPS) is 19.8. The Kier molecular flexibility index (Phi) is 5.06. The van der Waals surface area contributed by atoms with Gasteiger partial charge in [-0.1, -0.05) is 17.7 Å². The standard InChI is InChI=1S/C16H26N2/c1-14-7-9-16(10-8-14)18(2)12-4-6-15-5-3-11-17-13-15/h7-10,15,17H,3-6,11-13H2,1-2H3. The zero-order valence-corrected chi connectivity index (χ0v) is 11.8. The average Bonchev–Trinajstić information content (AvgIpc) is 2.40. The van der Waals surface area contributed by atoms with Crippen molar-refractivity contribution in [3.8, 4) is 0 Å². The number of anilines is 1. The average molecular weight is 246 g/mol. The van der Waals surface area contributed by atoms with Gasteiger partial charge in [0.05, 0.1) is 0 Å². The van der Waals surface area contributed by atoms with Gasteiger partial charge in [-0.05, 0) is 63.7 Å². The summed E-state index contributed by atoms with van der Waals surface area (Å²) in [5.74, 6) is 0.908. The fraction of sp³-hybridized carbons (Fsp3) is 0.625. The quantitative estimate of drug-likeness (QED) is 0.858. The van der Waals surface area contributed by atoms with E-state index in [4.69, 9.17) is 0 Å². The van der Waals surface area contributed by atoms with Crippen LogP contribution >= 0.6 is 0 Å². The molecule has 1 N–H and O–H groups in total. The number of nitrogens with zero attached hydrogens (tertiary/aromatic N) is 1. The molecule has 0 spiro atoms. The lowest BCUT2D eigenvalue weighted by atomic mass is 9.94. The van der Waals surface area contributed by atoms with Crippen molar-refractivity contribution in [3.63, 3.8) is 0 Å². The second kappa shape index (κ2) is 6.79. The van der Waals surface area contributed by atoms with E-state index in [0.29, 0.717) is 0 Å². The lowest BCUT2D eigenvalue weighted by molar-refractivity contribution is 0.352. The van der Waals surface area contributed by atoms with Gasteiger partial charge in [-0.25, -0.2) is 0 Å². The van der Waals surface area contributed by atoms with Crippen molar-refractivity contribution in [2.45, 2.75) is 32.6 Å². The molecule has 1 aliphatic heterocycles. The van der Waals surface area contributed by atoms with Crippen LogP contribution in [0.2, 0.25) is 0 Å². The SMILES string of the molecule is Cc1ccc(N(C)CCCC2CCCNC2)cc1. The number of aryl methyl sites for hydroxylation is 1. The molecule has 0 bridgehead atoms. The Morgan fingerprint density at radius 3 is 2.72 bits per heavy atom. The van der Waals surface area contributed by atoms with Gasteiger partial charge in [-0.3, -0.25) is 0 Å². The molecule has 1 aliphatic rings. The van der Waals surface area contributed by atoms with Crippen LogP contribution in [0.1, 0.15) is 31.2 Å². The molecule has 18 heavy (non-hydrogen) atoms. The Balaban J connectivity index is 1.70. The minimum Gasteiger partial charge on any atom is -0.375 e. The topological polar surface area (TPSA) is 15.3 Å². The van der Waals surface area contributed by atoms with Crippen LogP contribution < -0.4 is 10.2 Å². The van der Waals surface area contributed by atoms with Gasteiger partial charge in [-0.2, -0.15) is 0 Å². The fourth-order valence-corrected chi connectivity index (χ4v) is 2.72. The maximum atomic E-state index is 3.50. The molecule has 1 atom stereocenters. The molecule has 1 aromatic rings. The lowest BCUT2D eigenvalue weighted by Crippen LogP contribution is -2.30. The summed E-state index contributed by atoms with van der Waals surface area (Å²) in [7, 11) is 2.20. The first-order valence-corrected chi connectivity index (χ1v) is 7.24. The third kappa shape index (κ3) is 4.02. The summed E-state index contributed by atoms with van der Waals surface area (Å²) in [6.45, 7) is 5.76. The second-order valence-corrected chi connectivity index (χ2v) is 5.61. The molecule has 0 amide bonds. The summed E-state index contributed by atoms with van der Waals surface area (Å²) in [4.78, 5) is 2.37. The Morgan fingerprint density at radius 2 is 2.06 bits per heavy atom. The highest BCUT2D eigenvalue weighted by Gasteiger charge is 2.12. The van der Waals surface area contributed by atoms with E-state index in [-0.39, 0.29) is 0 Å². The summed E-state index contributed by atoms with van der Waals surface area (Å²) in [6, 6.07) is 8.82. The molecular weight excluding hydrogens is 220 g/mol. The summed E-state index contributed by atoms with van der Waals surface area (Å²) in [6.07, 6.45) is 5.44. The van der Waals surface area contributed by atoms with Gasteiger partial charge >= 0.3 is 0 Å². The smallest absolute Gasteiger partial charge is 0.0363 e. The Labute approximate surface area is 111 Å². The third-order valence-electron chi connectivity index (χ3n) is 3.98. The molecule has 0 saturated carbocycles. The molecule has 1 aromatic carbocycles. The van der Waals surface area contributed by atoms with Crippen molar-refractivity contribution in [3.05, 3.63) is 29.8 Å². The summed E-state index contributed by atoms with van der Waals surface area (Å²) in [5.41, 5.74) is 2.67.